The van der Waals surface area contributed by atoms with Gasteiger partial charge in [0.05, 0.1) is 0 Å². The molecule has 292 valence electrons. The van der Waals surface area contributed by atoms with Crippen LogP contribution in [0.25, 0.3) is 163 Å². The molecule has 0 aliphatic carbocycles. The van der Waals surface area contributed by atoms with E-state index in [0.717, 1.165) is 55.0 Å². The van der Waals surface area contributed by atoms with Gasteiger partial charge < -0.3 is 8.83 Å². The van der Waals surface area contributed by atoms with Crippen LogP contribution in [0.1, 0.15) is 0 Å². The van der Waals surface area contributed by atoms with Crippen LogP contribution < -0.4 is 0 Å². The van der Waals surface area contributed by atoms with Crippen molar-refractivity contribution in [3.05, 3.63) is 194 Å². The van der Waals surface area contributed by atoms with Gasteiger partial charge in [0.25, 0.3) is 0 Å². The molecule has 16 rings (SSSR count). The average Bonchev–Trinajstić information content (AvgIpc) is 4.10. The molecule has 0 aliphatic heterocycles. The number of hydrogen-bond acceptors (Lipinski definition) is 2. The molecule has 14 aromatic carbocycles. The van der Waals surface area contributed by atoms with Gasteiger partial charge in [-0.2, -0.15) is 0 Å². The standard InChI is InChI=1S/C62H32O2/c1-2-14-35-33(13-1)29-30-34-31-49-55-43(53(34)35)22-12-24-45(55)58-57(46-25-10-20-41-38-17-5-7-27-51(38)63-61(41)46)50-32-48-37-16-4-3-15-36(37)40-19-9-23-44(54(40)48)56(50)59(60(49)58)47-26-11-21-42-39-18-6-8-28-52(39)64-62(42)47/h1-32H. The summed E-state index contributed by atoms with van der Waals surface area (Å²) in [5, 5.41) is 27.1. The van der Waals surface area contributed by atoms with Gasteiger partial charge in [-0.15, -0.1) is 0 Å². The van der Waals surface area contributed by atoms with Crippen molar-refractivity contribution in [2.24, 2.45) is 0 Å². The molecule has 2 nitrogen and oxygen atoms in total. The molecule has 64 heavy (non-hydrogen) atoms. The number of para-hydroxylation sites is 4. The fraction of sp³-hybridized carbons (Fsp3) is 0. The summed E-state index contributed by atoms with van der Waals surface area (Å²) in [6.07, 6.45) is 0. The highest BCUT2D eigenvalue weighted by atomic mass is 16.3. The van der Waals surface area contributed by atoms with Gasteiger partial charge in [0, 0.05) is 43.8 Å². The minimum absolute atomic E-state index is 0.894. The highest BCUT2D eigenvalue weighted by Gasteiger charge is 2.30. The van der Waals surface area contributed by atoms with Gasteiger partial charge in [-0.3, -0.25) is 0 Å². The zero-order valence-corrected chi connectivity index (χ0v) is 34.3. The van der Waals surface area contributed by atoms with Gasteiger partial charge in [-0.1, -0.05) is 170 Å². The van der Waals surface area contributed by atoms with E-state index in [1.165, 1.54) is 108 Å². The van der Waals surface area contributed by atoms with Crippen LogP contribution in [0.4, 0.5) is 0 Å². The molecule has 0 spiro atoms. The van der Waals surface area contributed by atoms with E-state index in [9.17, 15) is 0 Å². The highest BCUT2D eigenvalue weighted by molar-refractivity contribution is 6.47. The molecule has 16 aromatic rings. The Kier molecular flexibility index (Phi) is 6.08. The van der Waals surface area contributed by atoms with Crippen molar-refractivity contribution < 1.29 is 8.83 Å². The van der Waals surface area contributed by atoms with Gasteiger partial charge in [0.2, 0.25) is 0 Å². The van der Waals surface area contributed by atoms with Crippen molar-refractivity contribution in [1.29, 1.82) is 0 Å². The molecular weight excluding hydrogens is 777 g/mol. The molecular formula is C62H32O2. The van der Waals surface area contributed by atoms with Gasteiger partial charge in [-0.05, 0) is 121 Å². The van der Waals surface area contributed by atoms with Crippen LogP contribution in [-0.2, 0) is 0 Å². The summed E-state index contributed by atoms with van der Waals surface area (Å²) in [7, 11) is 0. The van der Waals surface area contributed by atoms with Crippen molar-refractivity contribution in [3.8, 4) is 22.3 Å². The number of hydrogen-bond donors (Lipinski definition) is 0. The van der Waals surface area contributed by atoms with Gasteiger partial charge in [0.15, 0.2) is 0 Å². The molecule has 0 aliphatic rings. The molecule has 0 unspecified atom stereocenters. The Hall–Kier alpha value is -8.46. The van der Waals surface area contributed by atoms with Crippen molar-refractivity contribution in [3.63, 3.8) is 0 Å². The molecule has 2 heteroatoms. The normalized spacial score (nSPS) is 12.7. The zero-order valence-electron chi connectivity index (χ0n) is 34.3. The first-order valence-electron chi connectivity index (χ1n) is 22.2. The second-order valence-electron chi connectivity index (χ2n) is 17.7. The van der Waals surface area contributed by atoms with E-state index >= 15 is 0 Å². The lowest BCUT2D eigenvalue weighted by atomic mass is 9.83. The predicted octanol–water partition coefficient (Wildman–Crippen LogP) is 18.1. The van der Waals surface area contributed by atoms with Crippen molar-refractivity contribution in [2.75, 3.05) is 0 Å². The number of rotatable bonds is 2. The largest absolute Gasteiger partial charge is 0.455 e. The van der Waals surface area contributed by atoms with Crippen LogP contribution in [0.15, 0.2) is 203 Å². The number of furan rings is 2. The van der Waals surface area contributed by atoms with E-state index in [1.54, 1.807) is 0 Å². The summed E-state index contributed by atoms with van der Waals surface area (Å²) in [4.78, 5) is 0. The summed E-state index contributed by atoms with van der Waals surface area (Å²) >= 11 is 0. The number of benzene rings is 12. The second-order valence-corrected chi connectivity index (χ2v) is 17.7. The lowest BCUT2D eigenvalue weighted by molar-refractivity contribution is 0.669. The van der Waals surface area contributed by atoms with E-state index in [0.29, 0.717) is 0 Å². The van der Waals surface area contributed by atoms with Crippen molar-refractivity contribution >= 4 is 141 Å². The highest BCUT2D eigenvalue weighted by Crippen LogP contribution is 2.57. The van der Waals surface area contributed by atoms with E-state index in [-0.39, 0.29) is 0 Å². The summed E-state index contributed by atoms with van der Waals surface area (Å²) in [6.45, 7) is 0. The van der Waals surface area contributed by atoms with Gasteiger partial charge >= 0.3 is 0 Å². The Morgan fingerprint density at radius 1 is 0.219 bits per heavy atom. The zero-order chi connectivity index (χ0) is 41.4. The molecule has 0 bridgehead atoms. The van der Waals surface area contributed by atoms with Crippen LogP contribution in [0.5, 0.6) is 0 Å². The molecule has 0 amide bonds. The first-order chi connectivity index (χ1) is 31.8. The van der Waals surface area contributed by atoms with Gasteiger partial charge in [0.1, 0.15) is 22.3 Å². The van der Waals surface area contributed by atoms with E-state index in [2.05, 4.69) is 194 Å². The topological polar surface area (TPSA) is 26.3 Å². The predicted molar refractivity (Wildman–Crippen MR) is 272 cm³/mol. The average molecular weight is 809 g/mol. The summed E-state index contributed by atoms with van der Waals surface area (Å²) in [6, 6.07) is 71.7. The van der Waals surface area contributed by atoms with Crippen LogP contribution >= 0.6 is 0 Å². The Morgan fingerprint density at radius 3 is 1.39 bits per heavy atom. The monoisotopic (exact) mass is 808 g/mol. The first-order valence-corrected chi connectivity index (χ1v) is 22.2. The van der Waals surface area contributed by atoms with Crippen molar-refractivity contribution in [2.45, 2.75) is 0 Å². The maximum absolute atomic E-state index is 7.03. The maximum Gasteiger partial charge on any atom is 0.143 e. The Morgan fingerprint density at radius 2 is 0.688 bits per heavy atom. The minimum Gasteiger partial charge on any atom is -0.455 e. The lowest BCUT2D eigenvalue weighted by Crippen LogP contribution is -1.92. The van der Waals surface area contributed by atoms with Crippen LogP contribution in [0.3, 0.4) is 0 Å². The van der Waals surface area contributed by atoms with Crippen LogP contribution in [0.2, 0.25) is 0 Å². The Balaban J connectivity index is 1.25. The molecule has 0 fully saturated rings. The lowest BCUT2D eigenvalue weighted by Gasteiger charge is -2.19. The van der Waals surface area contributed by atoms with E-state index in [4.69, 9.17) is 8.83 Å². The first kappa shape index (κ1) is 33.2. The minimum atomic E-state index is 0.894. The third-order valence-electron chi connectivity index (χ3n) is 14.7. The molecule has 0 N–H and O–H groups in total. The second kappa shape index (κ2) is 11.7. The Labute approximate surface area is 364 Å². The molecule has 0 atom stereocenters. The summed E-state index contributed by atoms with van der Waals surface area (Å²) in [5.41, 5.74) is 8.19. The summed E-state index contributed by atoms with van der Waals surface area (Å²) in [5.74, 6) is 0. The van der Waals surface area contributed by atoms with E-state index < -0.39 is 0 Å². The SMILES string of the molecule is c1ccc2c(c1)ccc1cc3c4c(-c5cccc6c5oc5ccccc56)c5c(cc6c7ccccc7c7cccc5c76)c(-c5cccc6c5oc5ccccc56)c4c4cccc(c12)c43. The molecule has 0 saturated heterocycles. The smallest absolute Gasteiger partial charge is 0.143 e. The van der Waals surface area contributed by atoms with Crippen LogP contribution in [-0.4, -0.2) is 0 Å². The fourth-order valence-corrected chi connectivity index (χ4v) is 12.2. The fourth-order valence-electron chi connectivity index (χ4n) is 12.2. The summed E-state index contributed by atoms with van der Waals surface area (Å²) < 4.78 is 14.0. The van der Waals surface area contributed by atoms with Crippen LogP contribution in [0, 0.1) is 0 Å². The third-order valence-corrected chi connectivity index (χ3v) is 14.7. The van der Waals surface area contributed by atoms with Gasteiger partial charge in [-0.25, -0.2) is 0 Å². The van der Waals surface area contributed by atoms with Crippen molar-refractivity contribution in [1.82, 2.24) is 0 Å². The molecule has 0 radical (unpaired) electrons. The molecule has 2 heterocycles. The number of fused-ring (bicyclic) bond motifs is 18. The quantitative estimate of drug-likeness (QED) is 0.163. The van der Waals surface area contributed by atoms with E-state index in [1.807, 2.05) is 0 Å². The maximum atomic E-state index is 7.03. The molecule has 0 saturated carbocycles. The Bertz CT molecular complexity index is 4710. The molecule has 2 aromatic heterocycles. The third kappa shape index (κ3) is 3.99.